The van der Waals surface area contributed by atoms with Crippen molar-refractivity contribution in [2.45, 2.75) is 64.6 Å². The first kappa shape index (κ1) is 18.4. The Balaban J connectivity index is 1.56. The Morgan fingerprint density at radius 1 is 1.30 bits per heavy atom. The van der Waals surface area contributed by atoms with E-state index in [0.29, 0.717) is 18.4 Å². The van der Waals surface area contributed by atoms with Crippen LogP contribution in [0.1, 0.15) is 63.0 Å². The van der Waals surface area contributed by atoms with Gasteiger partial charge in [0, 0.05) is 13.2 Å². The summed E-state index contributed by atoms with van der Waals surface area (Å²) in [6.07, 6.45) is 5.19. The van der Waals surface area contributed by atoms with Crippen molar-refractivity contribution in [2.75, 3.05) is 19.7 Å². The summed E-state index contributed by atoms with van der Waals surface area (Å²) in [5.74, 6) is 1.01. The minimum Gasteiger partial charge on any atom is -0.393 e. The number of piperidine rings is 1. The average Bonchev–Trinajstić information content (AvgIpc) is 2.58. The number of aliphatic hydroxyl groups excluding tert-OH is 1. The predicted molar refractivity (Wildman–Crippen MR) is 95.6 cm³/mol. The summed E-state index contributed by atoms with van der Waals surface area (Å²) in [6.45, 7) is 7.98. The Hall–Kier alpha value is -0.900. The van der Waals surface area contributed by atoms with Crippen molar-refractivity contribution >= 4 is 0 Å². The SMILES string of the molecule is CC(C)c1cccc(COCCCCC(O)C2CCCNC2)c1. The molecule has 2 N–H and O–H groups in total. The minimum atomic E-state index is -0.148. The summed E-state index contributed by atoms with van der Waals surface area (Å²) in [7, 11) is 0. The number of hydrogen-bond acceptors (Lipinski definition) is 3. The lowest BCUT2D eigenvalue weighted by atomic mass is 9.91. The van der Waals surface area contributed by atoms with Gasteiger partial charge in [0.25, 0.3) is 0 Å². The summed E-state index contributed by atoms with van der Waals surface area (Å²) in [6, 6.07) is 8.66. The maximum atomic E-state index is 10.2. The minimum absolute atomic E-state index is 0.148. The van der Waals surface area contributed by atoms with Crippen molar-refractivity contribution in [2.24, 2.45) is 5.92 Å². The zero-order valence-electron chi connectivity index (χ0n) is 14.8. The lowest BCUT2D eigenvalue weighted by Gasteiger charge is -2.27. The molecule has 1 saturated heterocycles. The molecule has 2 unspecified atom stereocenters. The maximum Gasteiger partial charge on any atom is 0.0716 e. The Bertz CT molecular complexity index is 441. The Morgan fingerprint density at radius 3 is 2.91 bits per heavy atom. The molecule has 2 rings (SSSR count). The zero-order valence-corrected chi connectivity index (χ0v) is 14.8. The molecule has 0 radical (unpaired) electrons. The predicted octanol–water partition coefficient (Wildman–Crippen LogP) is 3.86. The van der Waals surface area contributed by atoms with Gasteiger partial charge in [-0.25, -0.2) is 0 Å². The normalized spacial score (nSPS) is 19.9. The number of benzene rings is 1. The molecule has 1 aromatic rings. The highest BCUT2D eigenvalue weighted by Crippen LogP contribution is 2.19. The fraction of sp³-hybridized carbons (Fsp3) is 0.700. The molecule has 23 heavy (non-hydrogen) atoms. The van der Waals surface area contributed by atoms with E-state index in [0.717, 1.165) is 45.4 Å². The van der Waals surface area contributed by atoms with Gasteiger partial charge in [-0.3, -0.25) is 0 Å². The lowest BCUT2D eigenvalue weighted by Crippen LogP contribution is -2.36. The number of hydrogen-bond donors (Lipinski definition) is 2. The second-order valence-electron chi connectivity index (χ2n) is 7.12. The zero-order chi connectivity index (χ0) is 16.5. The first-order chi connectivity index (χ1) is 11.2. The van der Waals surface area contributed by atoms with E-state index >= 15 is 0 Å². The number of aliphatic hydroxyl groups is 1. The average molecular weight is 319 g/mol. The quantitative estimate of drug-likeness (QED) is 0.679. The Morgan fingerprint density at radius 2 is 2.17 bits per heavy atom. The van der Waals surface area contributed by atoms with E-state index < -0.39 is 0 Å². The highest BCUT2D eigenvalue weighted by atomic mass is 16.5. The molecule has 0 aromatic heterocycles. The third-order valence-corrected chi connectivity index (χ3v) is 4.80. The second kappa shape index (κ2) is 10.1. The van der Waals surface area contributed by atoms with Crippen LogP contribution in [-0.4, -0.2) is 30.9 Å². The van der Waals surface area contributed by atoms with E-state index in [4.69, 9.17) is 4.74 Å². The smallest absolute Gasteiger partial charge is 0.0716 e. The number of rotatable bonds is 9. The van der Waals surface area contributed by atoms with Crippen LogP contribution in [0.25, 0.3) is 0 Å². The number of ether oxygens (including phenoxy) is 1. The summed E-state index contributed by atoms with van der Waals surface area (Å²) in [5, 5.41) is 13.6. The van der Waals surface area contributed by atoms with Gasteiger partial charge in [-0.2, -0.15) is 0 Å². The molecule has 0 bridgehead atoms. The molecule has 0 amide bonds. The lowest BCUT2D eigenvalue weighted by molar-refractivity contribution is 0.0742. The third kappa shape index (κ3) is 6.62. The van der Waals surface area contributed by atoms with Gasteiger partial charge in [-0.1, -0.05) is 38.1 Å². The largest absolute Gasteiger partial charge is 0.393 e. The monoisotopic (exact) mass is 319 g/mol. The van der Waals surface area contributed by atoms with Crippen molar-refractivity contribution in [3.05, 3.63) is 35.4 Å². The fourth-order valence-corrected chi connectivity index (χ4v) is 3.23. The molecule has 0 aliphatic carbocycles. The van der Waals surface area contributed by atoms with E-state index in [-0.39, 0.29) is 6.10 Å². The van der Waals surface area contributed by atoms with Crippen LogP contribution in [0.3, 0.4) is 0 Å². The molecule has 1 aliphatic heterocycles. The highest BCUT2D eigenvalue weighted by molar-refractivity contribution is 5.25. The van der Waals surface area contributed by atoms with Gasteiger partial charge >= 0.3 is 0 Å². The van der Waals surface area contributed by atoms with Gasteiger partial charge in [0.15, 0.2) is 0 Å². The molecule has 130 valence electrons. The molecule has 1 heterocycles. The fourth-order valence-electron chi connectivity index (χ4n) is 3.23. The Labute approximate surface area is 141 Å². The van der Waals surface area contributed by atoms with Gasteiger partial charge in [0.1, 0.15) is 0 Å². The van der Waals surface area contributed by atoms with Crippen LogP contribution in [-0.2, 0) is 11.3 Å². The summed E-state index contributed by atoms with van der Waals surface area (Å²) in [4.78, 5) is 0. The molecule has 2 atom stereocenters. The van der Waals surface area contributed by atoms with E-state index in [2.05, 4.69) is 43.4 Å². The molecule has 3 heteroatoms. The van der Waals surface area contributed by atoms with E-state index in [1.54, 1.807) is 0 Å². The molecule has 3 nitrogen and oxygen atoms in total. The molecule has 1 aliphatic rings. The van der Waals surface area contributed by atoms with E-state index in [9.17, 15) is 5.11 Å². The van der Waals surface area contributed by atoms with Crippen molar-refractivity contribution < 1.29 is 9.84 Å². The van der Waals surface area contributed by atoms with Crippen LogP contribution >= 0.6 is 0 Å². The number of nitrogens with one attached hydrogen (secondary N) is 1. The van der Waals surface area contributed by atoms with Crippen LogP contribution < -0.4 is 5.32 Å². The standard InChI is InChI=1S/C20H33NO2/c1-16(2)18-8-5-7-17(13-18)15-23-12-4-3-10-20(22)19-9-6-11-21-14-19/h5,7-8,13,16,19-22H,3-4,6,9-12,14-15H2,1-2H3. The van der Waals surface area contributed by atoms with Crippen LogP contribution in [0.5, 0.6) is 0 Å². The van der Waals surface area contributed by atoms with Crippen LogP contribution in [0.15, 0.2) is 24.3 Å². The van der Waals surface area contributed by atoms with Crippen molar-refractivity contribution in [3.63, 3.8) is 0 Å². The highest BCUT2D eigenvalue weighted by Gasteiger charge is 2.20. The van der Waals surface area contributed by atoms with Crippen LogP contribution in [0, 0.1) is 5.92 Å². The summed E-state index contributed by atoms with van der Waals surface area (Å²) < 4.78 is 5.79. The van der Waals surface area contributed by atoms with Gasteiger partial charge in [-0.05, 0) is 61.6 Å². The van der Waals surface area contributed by atoms with E-state index in [1.807, 2.05) is 0 Å². The van der Waals surface area contributed by atoms with Crippen molar-refractivity contribution in [3.8, 4) is 0 Å². The molecule has 0 spiro atoms. The van der Waals surface area contributed by atoms with Crippen molar-refractivity contribution in [1.82, 2.24) is 5.32 Å². The summed E-state index contributed by atoms with van der Waals surface area (Å²) >= 11 is 0. The number of unbranched alkanes of at least 4 members (excludes halogenated alkanes) is 1. The molecule has 0 saturated carbocycles. The molecule has 1 aromatic carbocycles. The second-order valence-corrected chi connectivity index (χ2v) is 7.12. The van der Waals surface area contributed by atoms with Crippen molar-refractivity contribution in [1.29, 1.82) is 0 Å². The van der Waals surface area contributed by atoms with Gasteiger partial charge in [-0.15, -0.1) is 0 Å². The van der Waals surface area contributed by atoms with Gasteiger partial charge < -0.3 is 15.2 Å². The maximum absolute atomic E-state index is 10.2. The molecular formula is C20H33NO2. The summed E-state index contributed by atoms with van der Waals surface area (Å²) in [5.41, 5.74) is 2.62. The van der Waals surface area contributed by atoms with Gasteiger partial charge in [0.05, 0.1) is 12.7 Å². The molecular weight excluding hydrogens is 286 g/mol. The van der Waals surface area contributed by atoms with Crippen LogP contribution in [0.2, 0.25) is 0 Å². The first-order valence-corrected chi connectivity index (χ1v) is 9.22. The van der Waals surface area contributed by atoms with E-state index in [1.165, 1.54) is 17.5 Å². The molecule has 1 fully saturated rings. The van der Waals surface area contributed by atoms with Gasteiger partial charge in [0.2, 0.25) is 0 Å². The Kier molecular flexibility index (Phi) is 8.07. The van der Waals surface area contributed by atoms with Crippen LogP contribution in [0.4, 0.5) is 0 Å². The topological polar surface area (TPSA) is 41.5 Å². The third-order valence-electron chi connectivity index (χ3n) is 4.80. The first-order valence-electron chi connectivity index (χ1n) is 9.22.